The van der Waals surface area contributed by atoms with Gasteiger partial charge in [0.2, 0.25) is 11.8 Å². The summed E-state index contributed by atoms with van der Waals surface area (Å²) in [6.07, 6.45) is -4.74. The molecule has 1 atom stereocenters. The normalized spacial score (nSPS) is 12.3. The molecule has 1 rings (SSSR count). The lowest BCUT2D eigenvalue weighted by Gasteiger charge is -2.16. The zero-order valence-corrected chi connectivity index (χ0v) is 14.4. The number of hydrogen-bond acceptors (Lipinski definition) is 3. The van der Waals surface area contributed by atoms with Crippen molar-refractivity contribution in [3.63, 3.8) is 0 Å². The lowest BCUT2D eigenvalue weighted by molar-refractivity contribution is -0.138. The molecule has 0 saturated carbocycles. The molecule has 10 heteroatoms. The molecule has 5 nitrogen and oxygen atoms in total. The van der Waals surface area contributed by atoms with Crippen molar-refractivity contribution in [3.05, 3.63) is 35.1 Å². The molecule has 0 heterocycles. The summed E-state index contributed by atoms with van der Waals surface area (Å²) in [5.74, 6) is -2.36. The van der Waals surface area contributed by atoms with Gasteiger partial charge in [0.1, 0.15) is 5.82 Å². The summed E-state index contributed by atoms with van der Waals surface area (Å²) < 4.78 is 51.4. The number of nitrogens with one attached hydrogen (secondary N) is 2. The molecule has 4 N–H and O–H groups in total. The molecule has 0 aliphatic rings. The Morgan fingerprint density at radius 3 is 2.32 bits per heavy atom. The predicted octanol–water partition coefficient (Wildman–Crippen LogP) is 1.98. The summed E-state index contributed by atoms with van der Waals surface area (Å²) in [6, 6.07) is 1.41. The van der Waals surface area contributed by atoms with Crippen molar-refractivity contribution < 1.29 is 27.2 Å². The van der Waals surface area contributed by atoms with E-state index in [-0.39, 0.29) is 23.9 Å². The predicted molar refractivity (Wildman–Crippen MR) is 86.3 cm³/mol. The van der Waals surface area contributed by atoms with Crippen LogP contribution in [0.1, 0.15) is 25.0 Å². The van der Waals surface area contributed by atoms with Gasteiger partial charge in [-0.15, -0.1) is 12.4 Å². The Morgan fingerprint density at radius 2 is 1.80 bits per heavy atom. The first kappa shape index (κ1) is 23.1. The molecule has 0 radical (unpaired) electrons. The van der Waals surface area contributed by atoms with Gasteiger partial charge in [-0.05, 0) is 23.6 Å². The maximum Gasteiger partial charge on any atom is 0.416 e. The van der Waals surface area contributed by atoms with Crippen LogP contribution in [0.3, 0.4) is 0 Å². The SMILES string of the molecule is CC(C)[C@H](N)C(=O)NCC(=O)NCc1ccc(F)cc1C(F)(F)F.Cl. The van der Waals surface area contributed by atoms with E-state index in [9.17, 15) is 27.2 Å². The molecule has 0 aliphatic heterocycles. The number of benzene rings is 1. The van der Waals surface area contributed by atoms with E-state index in [1.165, 1.54) is 0 Å². The Morgan fingerprint density at radius 1 is 1.20 bits per heavy atom. The Kier molecular flexibility index (Phi) is 8.86. The standard InChI is InChI=1S/C15H19F4N3O2.ClH/c1-8(2)13(20)14(24)22-7-12(23)21-6-9-3-4-10(16)5-11(9)15(17,18)19;/h3-5,8,13H,6-7,20H2,1-2H3,(H,21,23)(H,22,24);1H/t13-;/m0./s1. The Bertz CT molecular complexity index is 609. The van der Waals surface area contributed by atoms with Gasteiger partial charge in [0, 0.05) is 6.54 Å². The highest BCUT2D eigenvalue weighted by atomic mass is 35.5. The van der Waals surface area contributed by atoms with Gasteiger partial charge < -0.3 is 16.4 Å². The van der Waals surface area contributed by atoms with Crippen molar-refractivity contribution in [2.75, 3.05) is 6.54 Å². The average Bonchev–Trinajstić information content (AvgIpc) is 2.49. The minimum Gasteiger partial charge on any atom is -0.350 e. The second-order valence-electron chi connectivity index (χ2n) is 5.56. The summed E-state index contributed by atoms with van der Waals surface area (Å²) in [4.78, 5) is 23.2. The molecule has 142 valence electrons. The van der Waals surface area contributed by atoms with Gasteiger partial charge in [-0.3, -0.25) is 9.59 Å². The molecular weight excluding hydrogens is 366 g/mol. The monoisotopic (exact) mass is 385 g/mol. The van der Waals surface area contributed by atoms with E-state index in [2.05, 4.69) is 10.6 Å². The quantitative estimate of drug-likeness (QED) is 0.655. The molecule has 0 fully saturated rings. The molecule has 25 heavy (non-hydrogen) atoms. The molecule has 1 aromatic rings. The van der Waals surface area contributed by atoms with Gasteiger partial charge in [-0.1, -0.05) is 19.9 Å². The zero-order chi connectivity index (χ0) is 18.5. The van der Waals surface area contributed by atoms with Crippen LogP contribution in [-0.2, 0) is 22.3 Å². The van der Waals surface area contributed by atoms with Crippen LogP contribution in [0.2, 0.25) is 0 Å². The van der Waals surface area contributed by atoms with E-state index in [0.717, 1.165) is 12.1 Å². The van der Waals surface area contributed by atoms with E-state index in [1.807, 2.05) is 0 Å². The van der Waals surface area contributed by atoms with Gasteiger partial charge in [0.25, 0.3) is 0 Å². The van der Waals surface area contributed by atoms with Crippen LogP contribution in [0.4, 0.5) is 17.6 Å². The van der Waals surface area contributed by atoms with E-state index < -0.39 is 48.5 Å². The molecule has 2 amide bonds. The van der Waals surface area contributed by atoms with Crippen molar-refractivity contribution in [2.24, 2.45) is 11.7 Å². The Balaban J connectivity index is 0.00000576. The van der Waals surface area contributed by atoms with Gasteiger partial charge in [-0.25, -0.2) is 4.39 Å². The van der Waals surface area contributed by atoms with Crippen LogP contribution >= 0.6 is 12.4 Å². The molecule has 0 unspecified atom stereocenters. The first-order chi connectivity index (χ1) is 11.0. The van der Waals surface area contributed by atoms with E-state index in [4.69, 9.17) is 5.73 Å². The zero-order valence-electron chi connectivity index (χ0n) is 13.6. The summed E-state index contributed by atoms with van der Waals surface area (Å²) in [5, 5.41) is 4.53. The fraction of sp³-hybridized carbons (Fsp3) is 0.467. The summed E-state index contributed by atoms with van der Waals surface area (Å²) in [6.45, 7) is 2.61. The fourth-order valence-corrected chi connectivity index (χ4v) is 1.81. The molecule has 0 bridgehead atoms. The maximum atomic E-state index is 13.0. The number of alkyl halides is 3. The molecule has 0 aliphatic carbocycles. The number of hydrogen-bond donors (Lipinski definition) is 3. The Hall–Kier alpha value is -1.87. The summed E-state index contributed by atoms with van der Waals surface area (Å²) in [7, 11) is 0. The van der Waals surface area contributed by atoms with Gasteiger partial charge >= 0.3 is 6.18 Å². The van der Waals surface area contributed by atoms with Crippen LogP contribution in [0, 0.1) is 11.7 Å². The third-order valence-corrected chi connectivity index (χ3v) is 3.30. The highest BCUT2D eigenvalue weighted by molar-refractivity contribution is 5.87. The topological polar surface area (TPSA) is 84.2 Å². The van der Waals surface area contributed by atoms with Gasteiger partial charge in [0.15, 0.2) is 0 Å². The average molecular weight is 386 g/mol. The largest absolute Gasteiger partial charge is 0.416 e. The van der Waals surface area contributed by atoms with Gasteiger partial charge in [0.05, 0.1) is 18.2 Å². The first-order valence-corrected chi connectivity index (χ1v) is 7.18. The van der Waals surface area contributed by atoms with Crippen molar-refractivity contribution in [3.8, 4) is 0 Å². The second-order valence-corrected chi connectivity index (χ2v) is 5.56. The van der Waals surface area contributed by atoms with Crippen LogP contribution in [0.5, 0.6) is 0 Å². The van der Waals surface area contributed by atoms with Crippen molar-refractivity contribution in [1.29, 1.82) is 0 Å². The molecular formula is C15H20ClF4N3O2. The van der Waals surface area contributed by atoms with Crippen LogP contribution in [0.15, 0.2) is 18.2 Å². The highest BCUT2D eigenvalue weighted by Crippen LogP contribution is 2.32. The van der Waals surface area contributed by atoms with Gasteiger partial charge in [-0.2, -0.15) is 13.2 Å². The van der Waals surface area contributed by atoms with Crippen LogP contribution < -0.4 is 16.4 Å². The van der Waals surface area contributed by atoms with E-state index >= 15 is 0 Å². The smallest absolute Gasteiger partial charge is 0.350 e. The third-order valence-electron chi connectivity index (χ3n) is 3.30. The van der Waals surface area contributed by atoms with Crippen molar-refractivity contribution >= 4 is 24.2 Å². The van der Waals surface area contributed by atoms with Crippen molar-refractivity contribution in [1.82, 2.24) is 10.6 Å². The number of nitrogens with two attached hydrogens (primary N) is 1. The minimum absolute atomic E-state index is 0. The molecule has 0 aromatic heterocycles. The highest BCUT2D eigenvalue weighted by Gasteiger charge is 2.33. The maximum absolute atomic E-state index is 13.0. The third kappa shape index (κ3) is 7.27. The Labute approximate surface area is 148 Å². The fourth-order valence-electron chi connectivity index (χ4n) is 1.81. The number of rotatable bonds is 6. The number of amides is 2. The van der Waals surface area contributed by atoms with Crippen LogP contribution in [0.25, 0.3) is 0 Å². The summed E-state index contributed by atoms with van der Waals surface area (Å²) in [5.41, 5.74) is 4.15. The van der Waals surface area contributed by atoms with Crippen LogP contribution in [-0.4, -0.2) is 24.4 Å². The number of carbonyl (C=O) groups is 2. The second kappa shape index (κ2) is 9.57. The molecule has 1 aromatic carbocycles. The van der Waals surface area contributed by atoms with Crippen molar-refractivity contribution in [2.45, 2.75) is 32.6 Å². The first-order valence-electron chi connectivity index (χ1n) is 7.18. The van der Waals surface area contributed by atoms with E-state index in [0.29, 0.717) is 6.07 Å². The minimum atomic E-state index is -4.74. The number of carbonyl (C=O) groups excluding carboxylic acids is 2. The molecule has 0 spiro atoms. The van der Waals surface area contributed by atoms with E-state index in [1.54, 1.807) is 13.8 Å². The lowest BCUT2D eigenvalue weighted by Crippen LogP contribution is -2.47. The lowest BCUT2D eigenvalue weighted by atomic mass is 10.1. The molecule has 0 saturated heterocycles. The summed E-state index contributed by atoms with van der Waals surface area (Å²) >= 11 is 0. The number of halogens is 5.